The number of nitrogens with one attached hydrogen (secondary N) is 2. The molecule has 3 aromatic rings. The molecule has 2 aliphatic rings. The molecule has 3 amide bonds. The second-order valence-electron chi connectivity index (χ2n) is 8.52. The van der Waals surface area contributed by atoms with Gasteiger partial charge in [-0.25, -0.2) is 9.89 Å². The minimum absolute atomic E-state index is 0.0467. The van der Waals surface area contributed by atoms with E-state index in [0.29, 0.717) is 34.7 Å². The van der Waals surface area contributed by atoms with Crippen molar-refractivity contribution in [3.8, 4) is 5.75 Å². The summed E-state index contributed by atoms with van der Waals surface area (Å²) in [5.41, 5.74) is 2.04. The summed E-state index contributed by atoms with van der Waals surface area (Å²) in [6.45, 7) is 0.467. The average Bonchev–Trinajstić information content (AvgIpc) is 3.57. The van der Waals surface area contributed by atoms with Gasteiger partial charge in [-0.2, -0.15) is 0 Å². The summed E-state index contributed by atoms with van der Waals surface area (Å²) in [6.07, 6.45) is 0.460. The minimum atomic E-state index is -0.694. The van der Waals surface area contributed by atoms with Gasteiger partial charge >= 0.3 is 0 Å². The van der Waals surface area contributed by atoms with Gasteiger partial charge in [-0.3, -0.25) is 19.4 Å². The van der Waals surface area contributed by atoms with E-state index in [9.17, 15) is 14.4 Å². The number of rotatable bonds is 9. The van der Waals surface area contributed by atoms with Gasteiger partial charge in [-0.05, 0) is 42.1 Å². The standard InChI is InChI=1S/C27H25N5O4S2/c1-36-18-7-4-6-17(14-18)29-24(34)16-38-27-31-21-10-3-2-9-20(21)25-30-22(26(35)32(25)27)11-12-23(33)28-15-19-8-5-13-37-19/h2-10,13-14,22H,11-12,15-16H2,1H3,(H,28,33)(H,29,34)/t22-/m1/s1. The molecule has 5 rings (SSSR count). The van der Waals surface area contributed by atoms with Gasteiger partial charge in [0.1, 0.15) is 17.6 Å². The van der Waals surface area contributed by atoms with Gasteiger partial charge in [-0.1, -0.05) is 36.0 Å². The zero-order valence-corrected chi connectivity index (χ0v) is 22.2. The van der Waals surface area contributed by atoms with Crippen LogP contribution in [-0.2, 0) is 20.9 Å². The maximum absolute atomic E-state index is 13.4. The number of hydrogen-bond acceptors (Lipinski definition) is 8. The lowest BCUT2D eigenvalue weighted by Gasteiger charge is -2.25. The Morgan fingerprint density at radius 1 is 1.11 bits per heavy atom. The summed E-state index contributed by atoms with van der Waals surface area (Å²) in [4.78, 5) is 50.3. The number of fused-ring (bicyclic) bond motifs is 3. The first-order chi connectivity index (χ1) is 18.5. The Morgan fingerprint density at radius 3 is 2.79 bits per heavy atom. The van der Waals surface area contributed by atoms with Crippen LogP contribution in [0.4, 0.5) is 11.4 Å². The topological polar surface area (TPSA) is 112 Å². The molecule has 0 saturated heterocycles. The molecule has 38 heavy (non-hydrogen) atoms. The first-order valence-electron chi connectivity index (χ1n) is 12.0. The van der Waals surface area contributed by atoms with Gasteiger partial charge in [0.25, 0.3) is 5.91 Å². The number of carbonyl (C=O) groups is 3. The molecule has 1 aromatic heterocycles. The quantitative estimate of drug-likeness (QED) is 0.417. The van der Waals surface area contributed by atoms with Crippen LogP contribution in [0.15, 0.2) is 76.0 Å². The van der Waals surface area contributed by atoms with Crippen LogP contribution < -0.4 is 15.4 Å². The van der Waals surface area contributed by atoms with E-state index < -0.39 is 6.04 Å². The molecule has 0 spiro atoms. The molecule has 1 atom stereocenters. The van der Waals surface area contributed by atoms with Gasteiger partial charge in [0.05, 0.1) is 25.1 Å². The summed E-state index contributed by atoms with van der Waals surface area (Å²) < 4.78 is 5.20. The Balaban J connectivity index is 1.25. The second kappa shape index (κ2) is 11.6. The molecule has 0 bridgehead atoms. The molecule has 0 radical (unpaired) electrons. The predicted molar refractivity (Wildman–Crippen MR) is 150 cm³/mol. The third-order valence-corrected chi connectivity index (χ3v) is 7.73. The van der Waals surface area contributed by atoms with Crippen molar-refractivity contribution in [2.45, 2.75) is 25.4 Å². The first kappa shape index (κ1) is 25.7. The molecule has 0 fully saturated rings. The van der Waals surface area contributed by atoms with Gasteiger partial charge in [0.2, 0.25) is 11.8 Å². The zero-order chi connectivity index (χ0) is 26.5. The first-order valence-corrected chi connectivity index (χ1v) is 13.8. The van der Waals surface area contributed by atoms with Crippen LogP contribution in [-0.4, -0.2) is 52.5 Å². The van der Waals surface area contributed by atoms with Crippen LogP contribution in [0.2, 0.25) is 0 Å². The van der Waals surface area contributed by atoms with E-state index in [-0.39, 0.29) is 36.3 Å². The van der Waals surface area contributed by atoms with Gasteiger partial charge < -0.3 is 15.4 Å². The maximum atomic E-state index is 13.4. The smallest absolute Gasteiger partial charge is 0.259 e. The molecule has 3 heterocycles. The lowest BCUT2D eigenvalue weighted by atomic mass is 10.1. The number of aliphatic imine (C=N–C) groups is 2. The molecule has 9 nitrogen and oxygen atoms in total. The van der Waals surface area contributed by atoms with Crippen LogP contribution in [0.5, 0.6) is 5.75 Å². The molecular formula is C27H25N5O4S2. The van der Waals surface area contributed by atoms with E-state index in [4.69, 9.17) is 4.74 Å². The summed E-state index contributed by atoms with van der Waals surface area (Å²) in [5.74, 6) is 0.562. The number of thioether (sulfide) groups is 1. The Kier molecular flexibility index (Phi) is 7.85. The fourth-order valence-electron chi connectivity index (χ4n) is 4.07. The number of hydrogen-bond donors (Lipinski definition) is 2. The fourth-order valence-corrected chi connectivity index (χ4v) is 5.52. The van der Waals surface area contributed by atoms with E-state index in [0.717, 1.165) is 22.2 Å². The normalized spacial score (nSPS) is 15.8. The molecule has 194 valence electrons. The Morgan fingerprint density at radius 2 is 1.97 bits per heavy atom. The van der Waals surface area contributed by atoms with Crippen molar-refractivity contribution in [3.63, 3.8) is 0 Å². The van der Waals surface area contributed by atoms with Crippen molar-refractivity contribution in [1.29, 1.82) is 0 Å². The molecule has 0 unspecified atom stereocenters. The highest BCUT2D eigenvalue weighted by atomic mass is 32.2. The monoisotopic (exact) mass is 547 g/mol. The Bertz CT molecular complexity index is 1420. The van der Waals surface area contributed by atoms with Crippen molar-refractivity contribution in [2.24, 2.45) is 9.98 Å². The highest BCUT2D eigenvalue weighted by molar-refractivity contribution is 8.14. The number of para-hydroxylation sites is 1. The Labute approximate surface area is 228 Å². The molecule has 11 heteroatoms. The summed E-state index contributed by atoms with van der Waals surface area (Å²) in [5, 5.41) is 8.07. The number of benzene rings is 2. The molecule has 0 aliphatic carbocycles. The van der Waals surface area contributed by atoms with E-state index in [2.05, 4.69) is 20.6 Å². The third kappa shape index (κ3) is 5.79. The predicted octanol–water partition coefficient (Wildman–Crippen LogP) is 4.18. The largest absolute Gasteiger partial charge is 0.497 e. The Hall–Kier alpha value is -3.96. The molecule has 2 N–H and O–H groups in total. The van der Waals surface area contributed by atoms with Crippen LogP contribution in [0.3, 0.4) is 0 Å². The SMILES string of the molecule is COc1cccc(NC(=O)CSC2=Nc3ccccc3C3=N[C@H](CCC(=O)NCc4cccs4)C(=O)N23)c1. The lowest BCUT2D eigenvalue weighted by molar-refractivity contribution is -0.125. The third-order valence-electron chi connectivity index (χ3n) is 5.92. The van der Waals surface area contributed by atoms with E-state index in [1.165, 1.54) is 4.90 Å². The van der Waals surface area contributed by atoms with Crippen molar-refractivity contribution in [3.05, 3.63) is 76.5 Å². The maximum Gasteiger partial charge on any atom is 0.259 e. The van der Waals surface area contributed by atoms with E-state index in [1.54, 1.807) is 42.7 Å². The molecule has 2 aliphatic heterocycles. The number of carbonyl (C=O) groups excluding carboxylic acids is 3. The van der Waals surface area contributed by atoms with Gasteiger partial charge in [-0.15, -0.1) is 11.3 Å². The van der Waals surface area contributed by atoms with Crippen LogP contribution in [0, 0.1) is 0 Å². The van der Waals surface area contributed by atoms with Crippen LogP contribution in [0.1, 0.15) is 23.3 Å². The fraction of sp³-hybridized carbons (Fsp3) is 0.222. The number of amidine groups is 2. The van der Waals surface area contributed by atoms with Gasteiger partial charge in [0, 0.05) is 28.6 Å². The van der Waals surface area contributed by atoms with E-state index in [1.807, 2.05) is 41.8 Å². The number of methoxy groups -OCH3 is 1. The molecule has 0 saturated carbocycles. The van der Waals surface area contributed by atoms with Gasteiger partial charge in [0.15, 0.2) is 5.17 Å². The van der Waals surface area contributed by atoms with Crippen molar-refractivity contribution in [1.82, 2.24) is 10.2 Å². The van der Waals surface area contributed by atoms with Crippen molar-refractivity contribution < 1.29 is 19.1 Å². The number of amides is 3. The second-order valence-corrected chi connectivity index (χ2v) is 10.5. The molecular weight excluding hydrogens is 522 g/mol. The number of ether oxygens (including phenoxy) is 1. The van der Waals surface area contributed by atoms with Crippen LogP contribution in [0.25, 0.3) is 0 Å². The number of anilines is 1. The van der Waals surface area contributed by atoms with E-state index >= 15 is 0 Å². The summed E-state index contributed by atoms with van der Waals surface area (Å²) in [7, 11) is 1.56. The lowest BCUT2D eigenvalue weighted by Crippen LogP contribution is -2.41. The zero-order valence-electron chi connectivity index (χ0n) is 20.5. The average molecular weight is 548 g/mol. The van der Waals surface area contributed by atoms with Crippen LogP contribution >= 0.6 is 23.1 Å². The highest BCUT2D eigenvalue weighted by Gasteiger charge is 2.41. The van der Waals surface area contributed by atoms with Crippen molar-refractivity contribution in [2.75, 3.05) is 18.2 Å². The minimum Gasteiger partial charge on any atom is -0.497 e. The summed E-state index contributed by atoms with van der Waals surface area (Å²) >= 11 is 2.74. The number of thiophene rings is 1. The summed E-state index contributed by atoms with van der Waals surface area (Å²) in [6, 6.07) is 17.7. The number of nitrogens with zero attached hydrogens (tertiary/aromatic N) is 3. The van der Waals surface area contributed by atoms with Crippen molar-refractivity contribution >= 4 is 63.2 Å². The molecule has 2 aromatic carbocycles. The highest BCUT2D eigenvalue weighted by Crippen LogP contribution is 2.34.